The number of nitrogens with zero attached hydrogens (tertiary/aromatic N) is 1. The molecule has 1 heterocycles. The van der Waals surface area contributed by atoms with Gasteiger partial charge >= 0.3 is 0 Å². The zero-order valence-electron chi connectivity index (χ0n) is 15.5. The summed E-state index contributed by atoms with van der Waals surface area (Å²) >= 11 is 0. The molecule has 1 saturated heterocycles. The fourth-order valence-electron chi connectivity index (χ4n) is 3.32. The topological polar surface area (TPSA) is 66.8 Å². The Bertz CT molecular complexity index is 856. The Morgan fingerprint density at radius 3 is 2.33 bits per heavy atom. The number of benzene rings is 2. The number of ether oxygens (including phenoxy) is 1. The van der Waals surface area contributed by atoms with Gasteiger partial charge in [0.2, 0.25) is 0 Å². The lowest BCUT2D eigenvalue weighted by Gasteiger charge is -2.25. The van der Waals surface area contributed by atoms with Crippen LogP contribution in [0.3, 0.4) is 0 Å². The van der Waals surface area contributed by atoms with Gasteiger partial charge in [-0.15, -0.1) is 0 Å². The number of likely N-dealkylation sites (tertiary alicyclic amines) is 1. The average molecular weight is 365 g/mol. The minimum absolute atomic E-state index is 0.132. The molecule has 3 rings (SSSR count). The third-order valence-electron chi connectivity index (χ3n) is 4.77. The zero-order valence-corrected chi connectivity index (χ0v) is 15.5. The maximum atomic E-state index is 12.8. The molecule has 1 atom stereocenters. The third kappa shape index (κ3) is 3.58. The third-order valence-corrected chi connectivity index (χ3v) is 4.77. The Labute approximate surface area is 158 Å². The van der Waals surface area contributed by atoms with Crippen molar-refractivity contribution in [2.24, 2.45) is 0 Å². The highest BCUT2D eigenvalue weighted by molar-refractivity contribution is 6.46. The van der Waals surface area contributed by atoms with Crippen molar-refractivity contribution < 1.29 is 19.4 Å². The van der Waals surface area contributed by atoms with Crippen molar-refractivity contribution in [2.45, 2.75) is 25.8 Å². The van der Waals surface area contributed by atoms with Gasteiger partial charge in [-0.2, -0.15) is 0 Å². The smallest absolute Gasteiger partial charge is 0.295 e. The van der Waals surface area contributed by atoms with Crippen molar-refractivity contribution in [1.29, 1.82) is 0 Å². The lowest BCUT2D eigenvalue weighted by atomic mass is 9.95. The van der Waals surface area contributed by atoms with Crippen molar-refractivity contribution in [3.05, 3.63) is 71.3 Å². The maximum absolute atomic E-state index is 12.8. The van der Waals surface area contributed by atoms with E-state index in [9.17, 15) is 14.7 Å². The molecule has 0 spiro atoms. The van der Waals surface area contributed by atoms with E-state index in [2.05, 4.69) is 0 Å². The second-order valence-corrected chi connectivity index (χ2v) is 6.49. The highest BCUT2D eigenvalue weighted by atomic mass is 16.5. The van der Waals surface area contributed by atoms with E-state index in [4.69, 9.17) is 4.74 Å². The molecule has 0 saturated carbocycles. The van der Waals surface area contributed by atoms with E-state index in [0.717, 1.165) is 18.4 Å². The van der Waals surface area contributed by atoms with Gasteiger partial charge in [0.15, 0.2) is 0 Å². The summed E-state index contributed by atoms with van der Waals surface area (Å²) in [5.41, 5.74) is 1.42. The molecule has 0 bridgehead atoms. The first-order valence-electron chi connectivity index (χ1n) is 9.06. The van der Waals surface area contributed by atoms with Crippen molar-refractivity contribution in [2.75, 3.05) is 13.7 Å². The molecule has 1 fully saturated rings. The van der Waals surface area contributed by atoms with Crippen LogP contribution in [-0.4, -0.2) is 35.4 Å². The number of amides is 1. The second kappa shape index (κ2) is 8.08. The Balaban J connectivity index is 2.13. The van der Waals surface area contributed by atoms with Gasteiger partial charge in [-0.25, -0.2) is 0 Å². The molecule has 140 valence electrons. The van der Waals surface area contributed by atoms with Crippen molar-refractivity contribution in [3.8, 4) is 5.75 Å². The standard InChI is InChI=1S/C22H23NO4/c1-3-4-14-23-19(15-10-12-17(27-2)13-11-15)18(21(25)22(23)26)20(24)16-8-6-5-7-9-16/h5-13,19,24H,3-4,14H2,1-2H3/t19-/m1/s1. The Morgan fingerprint density at radius 2 is 1.74 bits per heavy atom. The van der Waals surface area contributed by atoms with E-state index in [1.807, 2.05) is 25.1 Å². The van der Waals surface area contributed by atoms with Crippen molar-refractivity contribution >= 4 is 17.4 Å². The Kier molecular flexibility index (Phi) is 5.60. The predicted molar refractivity (Wildman–Crippen MR) is 103 cm³/mol. The number of carbonyl (C=O) groups is 2. The van der Waals surface area contributed by atoms with Gasteiger partial charge in [-0.3, -0.25) is 9.59 Å². The highest BCUT2D eigenvalue weighted by Crippen LogP contribution is 2.39. The summed E-state index contributed by atoms with van der Waals surface area (Å²) in [6.07, 6.45) is 1.68. The Morgan fingerprint density at radius 1 is 1.07 bits per heavy atom. The van der Waals surface area contributed by atoms with E-state index in [1.165, 1.54) is 0 Å². The number of unbranched alkanes of at least 4 members (excludes halogenated alkanes) is 1. The van der Waals surface area contributed by atoms with E-state index < -0.39 is 17.7 Å². The molecular formula is C22H23NO4. The SMILES string of the molecule is CCCCN1C(=O)C(=O)C(=C(O)c2ccccc2)[C@H]1c1ccc(OC)cc1. The molecule has 2 aromatic rings. The average Bonchev–Trinajstić information content (AvgIpc) is 2.97. The number of aliphatic hydroxyl groups excluding tert-OH is 1. The fraction of sp³-hybridized carbons (Fsp3) is 0.273. The van der Waals surface area contributed by atoms with Crippen LogP contribution in [0.4, 0.5) is 0 Å². The first-order chi connectivity index (χ1) is 13.1. The largest absolute Gasteiger partial charge is 0.507 e. The summed E-state index contributed by atoms with van der Waals surface area (Å²) in [4.78, 5) is 27.0. The molecule has 1 aliphatic rings. The van der Waals surface area contributed by atoms with Crippen LogP contribution in [0.2, 0.25) is 0 Å². The number of Topliss-reactive ketones (excluding diaryl/α,β-unsaturated/α-hetero) is 1. The summed E-state index contributed by atoms with van der Waals surface area (Å²) in [7, 11) is 1.58. The number of ketones is 1. The molecule has 0 unspecified atom stereocenters. The summed E-state index contributed by atoms with van der Waals surface area (Å²) < 4.78 is 5.20. The number of aliphatic hydroxyl groups is 1. The molecule has 0 aromatic heterocycles. The van der Waals surface area contributed by atoms with Crippen LogP contribution in [0, 0.1) is 0 Å². The summed E-state index contributed by atoms with van der Waals surface area (Å²) in [6.45, 7) is 2.49. The van der Waals surface area contributed by atoms with E-state index in [-0.39, 0.29) is 11.3 Å². The molecule has 27 heavy (non-hydrogen) atoms. The van der Waals surface area contributed by atoms with Gasteiger partial charge in [-0.05, 0) is 24.1 Å². The van der Waals surface area contributed by atoms with Gasteiger partial charge in [-0.1, -0.05) is 55.8 Å². The highest BCUT2D eigenvalue weighted by Gasteiger charge is 2.45. The number of hydrogen-bond acceptors (Lipinski definition) is 4. The normalized spacial score (nSPS) is 18.7. The first kappa shape index (κ1) is 18.7. The van der Waals surface area contributed by atoms with Gasteiger partial charge in [0, 0.05) is 12.1 Å². The van der Waals surface area contributed by atoms with Gasteiger partial charge in [0.1, 0.15) is 11.5 Å². The van der Waals surface area contributed by atoms with Crippen LogP contribution in [0.15, 0.2) is 60.2 Å². The molecular weight excluding hydrogens is 342 g/mol. The summed E-state index contributed by atoms with van der Waals surface area (Å²) in [6, 6.07) is 15.5. The minimum Gasteiger partial charge on any atom is -0.507 e. The summed E-state index contributed by atoms with van der Waals surface area (Å²) in [5.74, 6) is -0.670. The number of rotatable bonds is 6. The molecule has 5 nitrogen and oxygen atoms in total. The summed E-state index contributed by atoms with van der Waals surface area (Å²) in [5, 5.41) is 10.8. The molecule has 0 radical (unpaired) electrons. The van der Waals surface area contributed by atoms with Crippen molar-refractivity contribution in [3.63, 3.8) is 0 Å². The van der Waals surface area contributed by atoms with Crippen molar-refractivity contribution in [1.82, 2.24) is 4.90 Å². The molecule has 1 N–H and O–H groups in total. The lowest BCUT2D eigenvalue weighted by molar-refractivity contribution is -0.139. The van der Waals surface area contributed by atoms with Crippen LogP contribution in [0.1, 0.15) is 36.9 Å². The quantitative estimate of drug-likeness (QED) is 0.479. The van der Waals surface area contributed by atoms with E-state index >= 15 is 0 Å². The zero-order chi connectivity index (χ0) is 19.4. The van der Waals surface area contributed by atoms with Crippen LogP contribution >= 0.6 is 0 Å². The maximum Gasteiger partial charge on any atom is 0.295 e. The number of carbonyl (C=O) groups excluding carboxylic acids is 2. The second-order valence-electron chi connectivity index (χ2n) is 6.49. The Hall–Kier alpha value is -3.08. The molecule has 2 aromatic carbocycles. The number of methoxy groups -OCH3 is 1. The first-order valence-corrected chi connectivity index (χ1v) is 9.06. The monoisotopic (exact) mass is 365 g/mol. The minimum atomic E-state index is -0.645. The van der Waals surface area contributed by atoms with Gasteiger partial charge < -0.3 is 14.7 Å². The fourth-order valence-corrected chi connectivity index (χ4v) is 3.32. The van der Waals surface area contributed by atoms with E-state index in [0.29, 0.717) is 17.9 Å². The van der Waals surface area contributed by atoms with Crippen LogP contribution in [0.5, 0.6) is 5.75 Å². The molecule has 5 heteroatoms. The van der Waals surface area contributed by atoms with E-state index in [1.54, 1.807) is 48.4 Å². The van der Waals surface area contributed by atoms with Crippen LogP contribution in [-0.2, 0) is 9.59 Å². The number of hydrogen-bond donors (Lipinski definition) is 1. The van der Waals surface area contributed by atoms with Crippen LogP contribution < -0.4 is 4.74 Å². The van der Waals surface area contributed by atoms with Crippen LogP contribution in [0.25, 0.3) is 5.76 Å². The molecule has 1 aliphatic heterocycles. The molecule has 1 amide bonds. The van der Waals surface area contributed by atoms with Gasteiger partial charge in [0.25, 0.3) is 11.7 Å². The van der Waals surface area contributed by atoms with Gasteiger partial charge in [0.05, 0.1) is 18.7 Å². The predicted octanol–water partition coefficient (Wildman–Crippen LogP) is 3.92. The molecule has 0 aliphatic carbocycles. The lowest BCUT2D eigenvalue weighted by Crippen LogP contribution is -2.30.